The third-order valence-corrected chi connectivity index (χ3v) is 2.53. The Kier molecular flexibility index (Phi) is 2.39. The van der Waals surface area contributed by atoms with E-state index < -0.39 is 0 Å². The third kappa shape index (κ3) is 1.71. The zero-order valence-electron chi connectivity index (χ0n) is 7.82. The van der Waals surface area contributed by atoms with Gasteiger partial charge >= 0.3 is 0 Å². The summed E-state index contributed by atoms with van der Waals surface area (Å²) in [5.41, 5.74) is 5.76. The van der Waals surface area contributed by atoms with Gasteiger partial charge in [0.1, 0.15) is 5.56 Å². The molecule has 0 bridgehead atoms. The van der Waals surface area contributed by atoms with Gasteiger partial charge < -0.3 is 15.6 Å². The van der Waals surface area contributed by atoms with Gasteiger partial charge in [-0.2, -0.15) is 0 Å². The molecule has 3 N–H and O–H groups in total. The molecule has 0 unspecified atom stereocenters. The molecule has 1 aliphatic rings. The highest BCUT2D eigenvalue weighted by Crippen LogP contribution is 2.18. The Balaban J connectivity index is 1.98. The van der Waals surface area contributed by atoms with Crippen molar-refractivity contribution in [3.63, 3.8) is 0 Å². The lowest BCUT2D eigenvalue weighted by Gasteiger charge is -2.10. The van der Waals surface area contributed by atoms with Crippen molar-refractivity contribution in [2.75, 3.05) is 5.73 Å². The van der Waals surface area contributed by atoms with Crippen molar-refractivity contribution in [3.05, 3.63) is 11.8 Å². The Bertz CT molecular complexity index is 329. The lowest BCUT2D eigenvalue weighted by Crippen LogP contribution is -2.32. The molecule has 0 atom stereocenters. The Hall–Kier alpha value is -1.52. The molecule has 0 saturated heterocycles. The van der Waals surface area contributed by atoms with E-state index in [1.165, 1.54) is 19.0 Å². The number of nitrogen functional groups attached to an aromatic ring is 1. The summed E-state index contributed by atoms with van der Waals surface area (Å²) in [4.78, 5) is 11.6. The SMILES string of the molecule is Nc1oncc1C(=O)NC1CCCC1. The fourth-order valence-corrected chi connectivity index (χ4v) is 1.75. The summed E-state index contributed by atoms with van der Waals surface area (Å²) in [6.45, 7) is 0. The van der Waals surface area contributed by atoms with E-state index in [4.69, 9.17) is 5.73 Å². The fourth-order valence-electron chi connectivity index (χ4n) is 1.75. The Morgan fingerprint density at radius 3 is 2.86 bits per heavy atom. The van der Waals surface area contributed by atoms with E-state index >= 15 is 0 Å². The molecule has 1 aliphatic carbocycles. The molecular weight excluding hydrogens is 182 g/mol. The molecule has 0 aromatic carbocycles. The van der Waals surface area contributed by atoms with Gasteiger partial charge in [-0.05, 0) is 12.8 Å². The van der Waals surface area contributed by atoms with Crippen LogP contribution < -0.4 is 11.1 Å². The second kappa shape index (κ2) is 3.69. The van der Waals surface area contributed by atoms with Crippen LogP contribution >= 0.6 is 0 Å². The van der Waals surface area contributed by atoms with Gasteiger partial charge in [0.25, 0.3) is 5.91 Å². The van der Waals surface area contributed by atoms with E-state index in [1.54, 1.807) is 0 Å². The number of aromatic nitrogens is 1. The van der Waals surface area contributed by atoms with E-state index in [1.807, 2.05) is 0 Å². The summed E-state index contributed by atoms with van der Waals surface area (Å²) in [5, 5.41) is 6.36. The van der Waals surface area contributed by atoms with Crippen molar-refractivity contribution >= 4 is 11.8 Å². The Morgan fingerprint density at radius 1 is 1.57 bits per heavy atom. The molecule has 5 heteroatoms. The van der Waals surface area contributed by atoms with Gasteiger partial charge in [0.05, 0.1) is 6.20 Å². The Labute approximate surface area is 81.6 Å². The summed E-state index contributed by atoms with van der Waals surface area (Å²) in [6, 6.07) is 0.289. The first kappa shape index (κ1) is 9.05. The van der Waals surface area contributed by atoms with Crippen molar-refractivity contribution < 1.29 is 9.32 Å². The minimum absolute atomic E-state index is 0.0838. The maximum atomic E-state index is 11.6. The molecule has 1 aromatic rings. The van der Waals surface area contributed by atoms with E-state index in [9.17, 15) is 4.79 Å². The summed E-state index contributed by atoms with van der Waals surface area (Å²) >= 11 is 0. The summed E-state index contributed by atoms with van der Waals surface area (Å²) < 4.78 is 4.62. The fraction of sp³-hybridized carbons (Fsp3) is 0.556. The molecule has 0 spiro atoms. The largest absolute Gasteiger partial charge is 0.367 e. The zero-order valence-corrected chi connectivity index (χ0v) is 7.82. The molecule has 1 saturated carbocycles. The number of hydrogen-bond acceptors (Lipinski definition) is 4. The maximum Gasteiger partial charge on any atom is 0.258 e. The first-order chi connectivity index (χ1) is 6.77. The molecule has 0 radical (unpaired) electrons. The number of hydrogen-bond donors (Lipinski definition) is 2. The predicted molar refractivity (Wildman–Crippen MR) is 50.6 cm³/mol. The highest BCUT2D eigenvalue weighted by atomic mass is 16.5. The van der Waals surface area contributed by atoms with Gasteiger partial charge in [-0.1, -0.05) is 18.0 Å². The van der Waals surface area contributed by atoms with Gasteiger partial charge in [-0.15, -0.1) is 0 Å². The lowest BCUT2D eigenvalue weighted by atomic mass is 10.2. The number of nitrogens with one attached hydrogen (secondary N) is 1. The molecule has 0 aliphatic heterocycles. The minimum atomic E-state index is -0.185. The van der Waals surface area contributed by atoms with Crippen molar-refractivity contribution in [1.29, 1.82) is 0 Å². The van der Waals surface area contributed by atoms with Crippen LogP contribution in [0.15, 0.2) is 10.7 Å². The molecule has 1 amide bonds. The number of anilines is 1. The second-order valence-corrected chi connectivity index (χ2v) is 3.56. The number of nitrogens with two attached hydrogens (primary N) is 1. The first-order valence-electron chi connectivity index (χ1n) is 4.78. The van der Waals surface area contributed by atoms with Crippen LogP contribution in [0.2, 0.25) is 0 Å². The lowest BCUT2D eigenvalue weighted by molar-refractivity contribution is 0.0938. The highest BCUT2D eigenvalue weighted by molar-refractivity contribution is 5.97. The van der Waals surface area contributed by atoms with Crippen LogP contribution in [0.5, 0.6) is 0 Å². The van der Waals surface area contributed by atoms with E-state index in [0.29, 0.717) is 5.56 Å². The summed E-state index contributed by atoms with van der Waals surface area (Å²) in [6.07, 6.45) is 5.82. The first-order valence-corrected chi connectivity index (χ1v) is 4.78. The number of nitrogens with zero attached hydrogens (tertiary/aromatic N) is 1. The Morgan fingerprint density at radius 2 is 2.29 bits per heavy atom. The van der Waals surface area contributed by atoms with Crippen LogP contribution in [-0.4, -0.2) is 17.1 Å². The van der Waals surface area contributed by atoms with Crippen molar-refractivity contribution in [2.24, 2.45) is 0 Å². The quantitative estimate of drug-likeness (QED) is 0.735. The van der Waals surface area contributed by atoms with Crippen LogP contribution in [0.4, 0.5) is 5.88 Å². The van der Waals surface area contributed by atoms with Crippen LogP contribution in [0.1, 0.15) is 36.0 Å². The van der Waals surface area contributed by atoms with Gasteiger partial charge in [-0.25, -0.2) is 0 Å². The average Bonchev–Trinajstić information content (AvgIpc) is 2.75. The molecule has 2 rings (SSSR count). The molecule has 1 heterocycles. The number of rotatable bonds is 2. The van der Waals surface area contributed by atoms with Gasteiger partial charge in [0.2, 0.25) is 5.88 Å². The summed E-state index contributed by atoms with van der Waals surface area (Å²) in [7, 11) is 0. The summed E-state index contributed by atoms with van der Waals surface area (Å²) in [5.74, 6) is -0.101. The molecule has 14 heavy (non-hydrogen) atoms. The number of amides is 1. The van der Waals surface area contributed by atoms with E-state index in [-0.39, 0.29) is 17.8 Å². The van der Waals surface area contributed by atoms with E-state index in [2.05, 4.69) is 15.0 Å². The second-order valence-electron chi connectivity index (χ2n) is 3.56. The average molecular weight is 195 g/mol. The normalized spacial score (nSPS) is 17.1. The van der Waals surface area contributed by atoms with Crippen molar-refractivity contribution in [2.45, 2.75) is 31.7 Å². The third-order valence-electron chi connectivity index (χ3n) is 2.53. The van der Waals surface area contributed by atoms with Gasteiger partial charge in [-0.3, -0.25) is 4.79 Å². The topological polar surface area (TPSA) is 81.2 Å². The smallest absolute Gasteiger partial charge is 0.258 e. The van der Waals surface area contributed by atoms with Crippen LogP contribution in [-0.2, 0) is 0 Å². The maximum absolute atomic E-state index is 11.6. The zero-order chi connectivity index (χ0) is 9.97. The van der Waals surface area contributed by atoms with Crippen LogP contribution in [0, 0.1) is 0 Å². The van der Waals surface area contributed by atoms with Gasteiger partial charge in [0, 0.05) is 6.04 Å². The van der Waals surface area contributed by atoms with Crippen LogP contribution in [0.25, 0.3) is 0 Å². The highest BCUT2D eigenvalue weighted by Gasteiger charge is 2.20. The molecular formula is C9H13N3O2. The predicted octanol–water partition coefficient (Wildman–Crippen LogP) is 0.929. The van der Waals surface area contributed by atoms with Crippen molar-refractivity contribution in [3.8, 4) is 0 Å². The standard InChI is InChI=1S/C9H13N3O2/c10-8-7(5-11-14-8)9(13)12-6-3-1-2-4-6/h5-6H,1-4,10H2,(H,12,13). The number of carbonyl (C=O) groups is 1. The molecule has 1 fully saturated rings. The minimum Gasteiger partial charge on any atom is -0.367 e. The molecule has 76 valence electrons. The van der Waals surface area contributed by atoms with Gasteiger partial charge in [0.15, 0.2) is 0 Å². The number of carbonyl (C=O) groups excluding carboxylic acids is 1. The van der Waals surface area contributed by atoms with Crippen LogP contribution in [0.3, 0.4) is 0 Å². The molecule has 1 aromatic heterocycles. The van der Waals surface area contributed by atoms with Crippen molar-refractivity contribution in [1.82, 2.24) is 10.5 Å². The van der Waals surface area contributed by atoms with E-state index in [0.717, 1.165) is 12.8 Å². The molecule has 5 nitrogen and oxygen atoms in total. The monoisotopic (exact) mass is 195 g/mol.